The molecule has 0 heterocycles. The van der Waals surface area contributed by atoms with Gasteiger partial charge in [-0.1, -0.05) is 29.3 Å². The Kier molecular flexibility index (Phi) is 5.00. The summed E-state index contributed by atoms with van der Waals surface area (Å²) in [6.07, 6.45) is 0. The fourth-order valence-electron chi connectivity index (χ4n) is 1.79. The number of ketones is 1. The third-order valence-corrected chi connectivity index (χ3v) is 3.65. The van der Waals surface area contributed by atoms with Gasteiger partial charge in [-0.2, -0.15) is 0 Å². The first-order chi connectivity index (χ1) is 10.4. The van der Waals surface area contributed by atoms with Gasteiger partial charge in [-0.15, -0.1) is 0 Å². The van der Waals surface area contributed by atoms with E-state index in [1.54, 1.807) is 13.0 Å². The molecule has 0 radical (unpaired) electrons. The van der Waals surface area contributed by atoms with Crippen molar-refractivity contribution in [3.63, 3.8) is 0 Å². The summed E-state index contributed by atoms with van der Waals surface area (Å²) in [5.41, 5.74) is 0.876. The first-order valence-corrected chi connectivity index (χ1v) is 7.00. The molecule has 0 amide bonds. The van der Waals surface area contributed by atoms with Crippen molar-refractivity contribution in [2.24, 2.45) is 0 Å². The maximum Gasteiger partial charge on any atom is 0.311 e. The lowest BCUT2D eigenvalue weighted by Gasteiger charge is -2.07. The van der Waals surface area contributed by atoms with Gasteiger partial charge in [0.2, 0.25) is 0 Å². The van der Waals surface area contributed by atoms with Crippen LogP contribution in [0.5, 0.6) is 5.75 Å². The molecule has 0 bridgehead atoms. The van der Waals surface area contributed by atoms with Crippen LogP contribution in [-0.4, -0.2) is 17.3 Å². The van der Waals surface area contributed by atoms with Crippen LogP contribution in [-0.2, 0) is 0 Å². The molecule has 7 heteroatoms. The Labute approximate surface area is 136 Å². The summed E-state index contributed by atoms with van der Waals surface area (Å²) < 4.78 is 5.27. The summed E-state index contributed by atoms with van der Waals surface area (Å²) in [6.45, 7) is 1.40. The minimum absolute atomic E-state index is 0.0454. The molecule has 22 heavy (non-hydrogen) atoms. The van der Waals surface area contributed by atoms with Crippen LogP contribution in [0.2, 0.25) is 10.0 Å². The SMILES string of the molecule is Cc1ccc(OCC(=O)c2ccc(Cl)c(Cl)c2)c([N+](=O)[O-])c1. The van der Waals surface area contributed by atoms with Crippen molar-refractivity contribution in [2.45, 2.75) is 6.92 Å². The van der Waals surface area contributed by atoms with Gasteiger partial charge in [-0.3, -0.25) is 14.9 Å². The van der Waals surface area contributed by atoms with E-state index in [0.29, 0.717) is 10.6 Å². The van der Waals surface area contributed by atoms with E-state index < -0.39 is 4.92 Å². The first-order valence-electron chi connectivity index (χ1n) is 6.24. The number of nitro benzene ring substituents is 1. The average molecular weight is 340 g/mol. The lowest BCUT2D eigenvalue weighted by Crippen LogP contribution is -2.12. The van der Waals surface area contributed by atoms with Gasteiger partial charge in [0.05, 0.1) is 15.0 Å². The molecule has 0 saturated heterocycles. The van der Waals surface area contributed by atoms with Gasteiger partial charge >= 0.3 is 5.69 Å². The molecular weight excluding hydrogens is 329 g/mol. The Hall–Kier alpha value is -2.11. The van der Waals surface area contributed by atoms with Crippen LogP contribution in [0, 0.1) is 17.0 Å². The predicted molar refractivity (Wildman–Crippen MR) is 84.1 cm³/mol. The van der Waals surface area contributed by atoms with Crippen molar-refractivity contribution < 1.29 is 14.5 Å². The van der Waals surface area contributed by atoms with Crippen LogP contribution in [0.15, 0.2) is 36.4 Å². The molecule has 0 aliphatic heterocycles. The van der Waals surface area contributed by atoms with Crippen molar-refractivity contribution in [2.75, 3.05) is 6.61 Å². The molecule has 2 aromatic rings. The number of ether oxygens (including phenoxy) is 1. The average Bonchev–Trinajstić information content (AvgIpc) is 2.48. The van der Waals surface area contributed by atoms with Gasteiger partial charge in [0.25, 0.3) is 0 Å². The van der Waals surface area contributed by atoms with Crippen molar-refractivity contribution >= 4 is 34.7 Å². The van der Waals surface area contributed by atoms with E-state index >= 15 is 0 Å². The zero-order valence-electron chi connectivity index (χ0n) is 11.5. The maximum absolute atomic E-state index is 12.0. The third-order valence-electron chi connectivity index (χ3n) is 2.91. The fraction of sp³-hybridized carbons (Fsp3) is 0.133. The van der Waals surface area contributed by atoms with Crippen molar-refractivity contribution in [3.05, 3.63) is 67.7 Å². The molecule has 0 aliphatic rings. The highest BCUT2D eigenvalue weighted by molar-refractivity contribution is 6.42. The Morgan fingerprint density at radius 2 is 1.91 bits per heavy atom. The molecule has 0 saturated carbocycles. The van der Waals surface area contributed by atoms with Crippen LogP contribution in [0.1, 0.15) is 15.9 Å². The minimum Gasteiger partial charge on any atom is -0.478 e. The standard InChI is InChI=1S/C15H11Cl2NO4/c1-9-2-5-15(13(6-9)18(20)21)22-8-14(19)10-3-4-11(16)12(17)7-10/h2-7H,8H2,1H3. The monoisotopic (exact) mass is 339 g/mol. The normalized spacial score (nSPS) is 10.3. The molecule has 0 aliphatic carbocycles. The van der Waals surface area contributed by atoms with Crippen molar-refractivity contribution in [1.29, 1.82) is 0 Å². The molecule has 0 fully saturated rings. The topological polar surface area (TPSA) is 69.4 Å². The highest BCUT2D eigenvalue weighted by Gasteiger charge is 2.17. The Morgan fingerprint density at radius 3 is 2.55 bits per heavy atom. The lowest BCUT2D eigenvalue weighted by molar-refractivity contribution is -0.385. The minimum atomic E-state index is -0.550. The number of benzene rings is 2. The van der Waals surface area contributed by atoms with Gasteiger partial charge in [0.15, 0.2) is 18.1 Å². The van der Waals surface area contributed by atoms with E-state index in [1.165, 1.54) is 30.3 Å². The van der Waals surface area contributed by atoms with E-state index in [-0.39, 0.29) is 28.8 Å². The van der Waals surface area contributed by atoms with E-state index in [4.69, 9.17) is 27.9 Å². The van der Waals surface area contributed by atoms with Gasteiger partial charge < -0.3 is 4.74 Å². The molecule has 0 N–H and O–H groups in total. The van der Waals surface area contributed by atoms with Gasteiger partial charge in [-0.25, -0.2) is 0 Å². The van der Waals surface area contributed by atoms with Crippen LogP contribution in [0.4, 0.5) is 5.69 Å². The molecule has 2 rings (SSSR count). The largest absolute Gasteiger partial charge is 0.478 e. The highest BCUT2D eigenvalue weighted by atomic mass is 35.5. The summed E-state index contributed by atoms with van der Waals surface area (Å²) >= 11 is 11.6. The summed E-state index contributed by atoms with van der Waals surface area (Å²) in [5.74, 6) is -0.308. The second-order valence-corrected chi connectivity index (χ2v) is 5.38. The number of halogens is 2. The van der Waals surface area contributed by atoms with Gasteiger partial charge in [-0.05, 0) is 36.8 Å². The predicted octanol–water partition coefficient (Wildman–Crippen LogP) is 4.47. The quantitative estimate of drug-likeness (QED) is 0.457. The smallest absolute Gasteiger partial charge is 0.311 e. The lowest BCUT2D eigenvalue weighted by atomic mass is 10.1. The number of hydrogen-bond acceptors (Lipinski definition) is 4. The number of rotatable bonds is 5. The number of aryl methyl sites for hydroxylation is 1. The summed E-state index contributed by atoms with van der Waals surface area (Å²) in [7, 11) is 0. The molecule has 2 aromatic carbocycles. The molecular formula is C15H11Cl2NO4. The molecule has 114 valence electrons. The summed E-state index contributed by atoms with van der Waals surface area (Å²) in [5, 5.41) is 11.6. The van der Waals surface area contributed by atoms with Crippen LogP contribution in [0.25, 0.3) is 0 Å². The first kappa shape index (κ1) is 16.3. The van der Waals surface area contributed by atoms with Gasteiger partial charge in [0, 0.05) is 11.6 Å². The maximum atomic E-state index is 12.0. The van der Waals surface area contributed by atoms with E-state index in [9.17, 15) is 14.9 Å². The van der Waals surface area contributed by atoms with Crippen LogP contribution in [0.3, 0.4) is 0 Å². The van der Waals surface area contributed by atoms with E-state index in [0.717, 1.165) is 5.56 Å². The number of nitro groups is 1. The van der Waals surface area contributed by atoms with Crippen molar-refractivity contribution in [3.8, 4) is 5.75 Å². The van der Waals surface area contributed by atoms with Crippen molar-refractivity contribution in [1.82, 2.24) is 0 Å². The number of carbonyl (C=O) groups excluding carboxylic acids is 1. The number of carbonyl (C=O) groups is 1. The molecule has 0 spiro atoms. The second kappa shape index (κ2) is 6.77. The van der Waals surface area contributed by atoms with Crippen LogP contribution < -0.4 is 4.74 Å². The Morgan fingerprint density at radius 1 is 1.18 bits per heavy atom. The van der Waals surface area contributed by atoms with E-state index in [2.05, 4.69) is 0 Å². The summed E-state index contributed by atoms with van der Waals surface area (Å²) in [6, 6.07) is 8.98. The van der Waals surface area contributed by atoms with Crippen LogP contribution >= 0.6 is 23.2 Å². The molecule has 5 nitrogen and oxygen atoms in total. The Balaban J connectivity index is 2.14. The number of Topliss-reactive ketones (excluding diaryl/α,β-unsaturated/α-hetero) is 1. The third kappa shape index (κ3) is 3.75. The number of hydrogen-bond donors (Lipinski definition) is 0. The highest BCUT2D eigenvalue weighted by Crippen LogP contribution is 2.28. The van der Waals surface area contributed by atoms with E-state index in [1.807, 2.05) is 0 Å². The zero-order valence-corrected chi connectivity index (χ0v) is 13.0. The molecule has 0 aromatic heterocycles. The number of nitrogens with zero attached hydrogens (tertiary/aromatic N) is 1. The summed E-state index contributed by atoms with van der Waals surface area (Å²) in [4.78, 5) is 22.5. The molecule has 0 unspecified atom stereocenters. The zero-order chi connectivity index (χ0) is 16.3. The molecule has 0 atom stereocenters. The second-order valence-electron chi connectivity index (χ2n) is 4.57. The fourth-order valence-corrected chi connectivity index (χ4v) is 2.09. The van der Waals surface area contributed by atoms with Gasteiger partial charge in [0.1, 0.15) is 0 Å². The Bertz CT molecular complexity index is 746.